The zero-order valence-corrected chi connectivity index (χ0v) is 21.0. The van der Waals surface area contributed by atoms with Crippen LogP contribution in [0.2, 0.25) is 0 Å². The number of methoxy groups -OCH3 is 1. The SMILES string of the molecule is COc1nc(C)c2nc(-c3ccc(C(N)=O)nc3)n(Cc3ccc(O[C@@]45CN6CCC4C5C6)cc3F)c2n1. The number of nitrogens with zero attached hydrogens (tertiary/aromatic N) is 6. The van der Waals surface area contributed by atoms with Gasteiger partial charge in [-0.05, 0) is 38.1 Å². The van der Waals surface area contributed by atoms with Crippen LogP contribution in [0.1, 0.15) is 28.2 Å². The third kappa shape index (κ3) is 3.45. The van der Waals surface area contributed by atoms with Gasteiger partial charge in [0.25, 0.3) is 5.91 Å². The summed E-state index contributed by atoms with van der Waals surface area (Å²) >= 11 is 0. The quantitative estimate of drug-likeness (QED) is 0.399. The minimum atomic E-state index is -0.624. The Labute approximate surface area is 217 Å². The van der Waals surface area contributed by atoms with Gasteiger partial charge in [0, 0.05) is 48.3 Å². The number of fused-ring (bicyclic) bond motifs is 2. The van der Waals surface area contributed by atoms with Crippen LogP contribution in [0.25, 0.3) is 22.6 Å². The summed E-state index contributed by atoms with van der Waals surface area (Å²) in [6.07, 6.45) is 2.67. The van der Waals surface area contributed by atoms with Crippen LogP contribution in [-0.2, 0) is 6.54 Å². The number of pyridine rings is 1. The molecule has 0 radical (unpaired) electrons. The summed E-state index contributed by atoms with van der Waals surface area (Å²) in [6, 6.07) is 8.49. The largest absolute Gasteiger partial charge is 0.485 e. The van der Waals surface area contributed by atoms with Gasteiger partial charge in [-0.1, -0.05) is 6.07 Å². The number of benzene rings is 1. The minimum Gasteiger partial charge on any atom is -0.485 e. The highest BCUT2D eigenvalue weighted by atomic mass is 19.1. The maximum absolute atomic E-state index is 15.5. The van der Waals surface area contributed by atoms with E-state index in [4.69, 9.17) is 20.2 Å². The van der Waals surface area contributed by atoms with Gasteiger partial charge in [-0.3, -0.25) is 14.7 Å². The second kappa shape index (κ2) is 8.19. The lowest BCUT2D eigenvalue weighted by Crippen LogP contribution is -2.39. The fourth-order valence-electron chi connectivity index (χ4n) is 6.26. The molecule has 1 aliphatic carbocycles. The number of hydrogen-bond acceptors (Lipinski definition) is 8. The highest BCUT2D eigenvalue weighted by molar-refractivity contribution is 5.91. The maximum atomic E-state index is 15.5. The van der Waals surface area contributed by atoms with Gasteiger partial charge in [0.2, 0.25) is 0 Å². The van der Waals surface area contributed by atoms with E-state index in [1.54, 1.807) is 16.7 Å². The Morgan fingerprint density at radius 1 is 1.21 bits per heavy atom. The molecule has 0 spiro atoms. The molecule has 1 aromatic carbocycles. The van der Waals surface area contributed by atoms with E-state index >= 15 is 4.39 Å². The molecule has 2 N–H and O–H groups in total. The van der Waals surface area contributed by atoms with Crippen LogP contribution in [0.3, 0.4) is 0 Å². The summed E-state index contributed by atoms with van der Waals surface area (Å²) in [6.45, 7) is 5.11. The Morgan fingerprint density at radius 3 is 2.71 bits per heavy atom. The van der Waals surface area contributed by atoms with Crippen molar-refractivity contribution in [2.45, 2.75) is 25.5 Å². The van der Waals surface area contributed by atoms with Gasteiger partial charge in [-0.15, -0.1) is 0 Å². The Kier molecular flexibility index (Phi) is 4.96. The number of piperidine rings is 3. The molecule has 1 amide bonds. The second-order valence-corrected chi connectivity index (χ2v) is 10.3. The summed E-state index contributed by atoms with van der Waals surface area (Å²) in [7, 11) is 1.49. The fourth-order valence-corrected chi connectivity index (χ4v) is 6.26. The lowest BCUT2D eigenvalue weighted by Gasteiger charge is -2.29. The normalized spacial score (nSPS) is 25.0. The third-order valence-corrected chi connectivity index (χ3v) is 8.18. The molecule has 4 atom stereocenters. The highest BCUT2D eigenvalue weighted by Crippen LogP contribution is 2.62. The number of halogens is 1. The molecule has 4 bridgehead atoms. The number of imidazole rings is 1. The Hall–Kier alpha value is -4.12. The number of aryl methyl sites for hydroxylation is 1. The van der Waals surface area contributed by atoms with Crippen molar-refractivity contribution in [3.8, 4) is 23.1 Å². The van der Waals surface area contributed by atoms with Crippen LogP contribution in [0.5, 0.6) is 11.8 Å². The topological polar surface area (TPSA) is 121 Å². The van der Waals surface area contributed by atoms with Crippen molar-refractivity contribution >= 4 is 17.1 Å². The zero-order chi connectivity index (χ0) is 26.2. The number of aromatic nitrogens is 5. The van der Waals surface area contributed by atoms with Crippen molar-refractivity contribution in [1.82, 2.24) is 29.4 Å². The van der Waals surface area contributed by atoms with E-state index in [1.807, 2.05) is 13.0 Å². The molecular formula is C27H26FN7O3. The molecule has 38 heavy (non-hydrogen) atoms. The van der Waals surface area contributed by atoms with Gasteiger partial charge in [0.1, 0.15) is 34.2 Å². The summed E-state index contributed by atoms with van der Waals surface area (Å²) in [4.78, 5) is 31.7. The number of hydrogen-bond donors (Lipinski definition) is 1. The summed E-state index contributed by atoms with van der Waals surface area (Å²) < 4.78 is 29.0. The molecule has 3 aromatic heterocycles. The fraction of sp³-hybridized carbons (Fsp3) is 0.370. The van der Waals surface area contributed by atoms with Crippen LogP contribution >= 0.6 is 0 Å². The number of nitrogens with two attached hydrogens (primary N) is 1. The van der Waals surface area contributed by atoms with Gasteiger partial charge < -0.3 is 19.8 Å². The predicted molar refractivity (Wildman–Crippen MR) is 135 cm³/mol. The van der Waals surface area contributed by atoms with Crippen LogP contribution in [0, 0.1) is 24.6 Å². The molecule has 8 rings (SSSR count). The van der Waals surface area contributed by atoms with Crippen molar-refractivity contribution in [3.63, 3.8) is 0 Å². The zero-order valence-electron chi connectivity index (χ0n) is 21.0. The lowest BCUT2D eigenvalue weighted by molar-refractivity contribution is 0.0983. The number of carbonyl (C=O) groups excluding carboxylic acids is 1. The minimum absolute atomic E-state index is 0.139. The number of rotatable bonds is 7. The van der Waals surface area contributed by atoms with Crippen molar-refractivity contribution in [3.05, 3.63) is 59.3 Å². The van der Waals surface area contributed by atoms with Gasteiger partial charge in [-0.2, -0.15) is 9.97 Å². The van der Waals surface area contributed by atoms with Gasteiger partial charge in [0.15, 0.2) is 5.65 Å². The van der Waals surface area contributed by atoms with E-state index in [1.165, 1.54) is 25.4 Å². The molecule has 4 aliphatic rings. The van der Waals surface area contributed by atoms with E-state index in [0.29, 0.717) is 51.4 Å². The molecule has 11 heteroatoms. The van der Waals surface area contributed by atoms with E-state index in [9.17, 15) is 4.79 Å². The van der Waals surface area contributed by atoms with Crippen molar-refractivity contribution < 1.29 is 18.7 Å². The molecule has 3 saturated heterocycles. The molecule has 4 aromatic rings. The number of ether oxygens (including phenoxy) is 2. The van der Waals surface area contributed by atoms with E-state index in [0.717, 1.165) is 26.1 Å². The molecule has 194 valence electrons. The van der Waals surface area contributed by atoms with Gasteiger partial charge in [0.05, 0.1) is 19.3 Å². The lowest BCUT2D eigenvalue weighted by atomic mass is 10.1. The van der Waals surface area contributed by atoms with Crippen LogP contribution in [0.15, 0.2) is 36.5 Å². The number of carbonyl (C=O) groups is 1. The summed E-state index contributed by atoms with van der Waals surface area (Å²) in [5.41, 5.74) is 8.10. The predicted octanol–water partition coefficient (Wildman–Crippen LogP) is 2.57. The van der Waals surface area contributed by atoms with Crippen LogP contribution in [-0.4, -0.2) is 67.7 Å². The molecule has 3 unspecified atom stereocenters. The number of amides is 1. The Balaban J connectivity index is 1.25. The summed E-state index contributed by atoms with van der Waals surface area (Å²) in [5, 5.41) is 0. The first-order chi connectivity index (χ1) is 18.4. The van der Waals surface area contributed by atoms with E-state index in [2.05, 4.69) is 19.9 Å². The Morgan fingerprint density at radius 2 is 2.08 bits per heavy atom. The molecule has 1 saturated carbocycles. The van der Waals surface area contributed by atoms with Crippen LogP contribution < -0.4 is 15.2 Å². The maximum Gasteiger partial charge on any atom is 0.318 e. The first-order valence-corrected chi connectivity index (χ1v) is 12.6. The molecule has 10 nitrogen and oxygen atoms in total. The summed E-state index contributed by atoms with van der Waals surface area (Å²) in [5.74, 6) is 1.22. The van der Waals surface area contributed by atoms with Crippen LogP contribution in [0.4, 0.5) is 4.39 Å². The number of primary amides is 1. The van der Waals surface area contributed by atoms with E-state index in [-0.39, 0.29) is 29.7 Å². The van der Waals surface area contributed by atoms with Crippen molar-refractivity contribution in [2.75, 3.05) is 26.7 Å². The molecular weight excluding hydrogens is 489 g/mol. The average Bonchev–Trinajstić information content (AvgIpc) is 3.19. The first kappa shape index (κ1) is 23.0. The molecule has 4 fully saturated rings. The Bertz CT molecular complexity index is 1600. The smallest absolute Gasteiger partial charge is 0.318 e. The monoisotopic (exact) mass is 515 g/mol. The van der Waals surface area contributed by atoms with Gasteiger partial charge in [-0.25, -0.2) is 9.37 Å². The molecule has 6 heterocycles. The average molecular weight is 516 g/mol. The standard InChI is InChI=1S/C27H26FN7O3/c1-14-22-25(33-26(31-14)37-2)35(24(32-22)15-4-6-21(23(29)36)30-10-15)11-16-3-5-17(9-20(16)28)38-27-13-34-8-7-18(27)19(27)12-34/h3-6,9-10,18-19H,7-8,11-13H2,1-2H3,(H2,29,36)/t18?,19?,27-/m0/s1. The van der Waals surface area contributed by atoms with Crippen molar-refractivity contribution in [1.29, 1.82) is 0 Å². The highest BCUT2D eigenvalue weighted by Gasteiger charge is 2.73. The van der Waals surface area contributed by atoms with Gasteiger partial charge >= 0.3 is 6.01 Å². The van der Waals surface area contributed by atoms with Crippen molar-refractivity contribution in [2.24, 2.45) is 17.6 Å². The van der Waals surface area contributed by atoms with E-state index < -0.39 is 5.91 Å². The first-order valence-electron chi connectivity index (χ1n) is 12.6. The third-order valence-electron chi connectivity index (χ3n) is 8.18. The second-order valence-electron chi connectivity index (χ2n) is 10.3. The molecule has 3 aliphatic heterocycles.